The summed E-state index contributed by atoms with van der Waals surface area (Å²) < 4.78 is 16.8. The first-order valence-electron chi connectivity index (χ1n) is 8.93. The topological polar surface area (TPSA) is 56.8 Å². The fourth-order valence-electron chi connectivity index (χ4n) is 2.58. The summed E-state index contributed by atoms with van der Waals surface area (Å²) in [6.45, 7) is 9.74. The van der Waals surface area contributed by atoms with Crippen LogP contribution in [0.1, 0.15) is 35.3 Å². The maximum absolute atomic E-state index is 12.3. The normalized spacial score (nSPS) is 10.3. The van der Waals surface area contributed by atoms with E-state index >= 15 is 0 Å². The highest BCUT2D eigenvalue weighted by atomic mass is 16.5. The van der Waals surface area contributed by atoms with Gasteiger partial charge in [-0.3, -0.25) is 4.79 Å². The molecule has 0 aromatic heterocycles. The lowest BCUT2D eigenvalue weighted by atomic mass is 10.1. The van der Waals surface area contributed by atoms with Gasteiger partial charge < -0.3 is 19.5 Å². The van der Waals surface area contributed by atoms with E-state index in [-0.39, 0.29) is 5.91 Å². The summed E-state index contributed by atoms with van der Waals surface area (Å²) in [5, 5.41) is 2.86. The summed E-state index contributed by atoms with van der Waals surface area (Å²) in [4.78, 5) is 12.3. The molecule has 0 atom stereocenters. The molecular formula is C21H27NO4. The Labute approximate surface area is 155 Å². The second kappa shape index (κ2) is 9.70. The number of rotatable bonds is 9. The fraction of sp³-hybridized carbons (Fsp3) is 0.381. The van der Waals surface area contributed by atoms with Crippen LogP contribution in [0.4, 0.5) is 0 Å². The second-order valence-electron chi connectivity index (χ2n) is 5.90. The summed E-state index contributed by atoms with van der Waals surface area (Å²) in [5.74, 6) is 1.89. The molecule has 1 amide bonds. The molecule has 1 N–H and O–H groups in total. The Kier molecular flexibility index (Phi) is 7.33. The number of ether oxygens (including phenoxy) is 3. The van der Waals surface area contributed by atoms with Crippen LogP contribution in [0.2, 0.25) is 0 Å². The smallest absolute Gasteiger partial charge is 0.251 e. The van der Waals surface area contributed by atoms with Crippen LogP contribution in [0.3, 0.4) is 0 Å². The first kappa shape index (κ1) is 19.6. The molecule has 0 aliphatic rings. The van der Waals surface area contributed by atoms with Crippen LogP contribution >= 0.6 is 0 Å². The minimum Gasteiger partial charge on any atom is -0.491 e. The van der Waals surface area contributed by atoms with Crippen molar-refractivity contribution in [2.24, 2.45) is 0 Å². The van der Waals surface area contributed by atoms with E-state index in [0.29, 0.717) is 43.4 Å². The zero-order chi connectivity index (χ0) is 18.9. The molecule has 0 saturated carbocycles. The number of amides is 1. The predicted octanol–water partition coefficient (Wildman–Crippen LogP) is 3.91. The molecule has 0 bridgehead atoms. The van der Waals surface area contributed by atoms with Gasteiger partial charge in [0.15, 0.2) is 11.5 Å². The van der Waals surface area contributed by atoms with Gasteiger partial charge in [0.2, 0.25) is 0 Å². The van der Waals surface area contributed by atoms with E-state index in [4.69, 9.17) is 14.2 Å². The van der Waals surface area contributed by atoms with E-state index in [9.17, 15) is 4.79 Å². The summed E-state index contributed by atoms with van der Waals surface area (Å²) in [6, 6.07) is 11.2. The second-order valence-corrected chi connectivity index (χ2v) is 5.90. The van der Waals surface area contributed by atoms with E-state index < -0.39 is 0 Å². The van der Waals surface area contributed by atoms with Crippen molar-refractivity contribution in [3.05, 3.63) is 53.1 Å². The first-order chi connectivity index (χ1) is 12.5. The third-order valence-corrected chi connectivity index (χ3v) is 3.78. The maximum Gasteiger partial charge on any atom is 0.251 e. The number of carbonyl (C=O) groups is 1. The minimum absolute atomic E-state index is 0.168. The van der Waals surface area contributed by atoms with Crippen LogP contribution in [0.25, 0.3) is 0 Å². The quantitative estimate of drug-likeness (QED) is 0.691. The van der Waals surface area contributed by atoms with Crippen LogP contribution in [0, 0.1) is 13.8 Å². The third-order valence-electron chi connectivity index (χ3n) is 3.78. The van der Waals surface area contributed by atoms with Gasteiger partial charge in [-0.2, -0.15) is 0 Å². The number of aryl methyl sites for hydroxylation is 2. The molecule has 0 saturated heterocycles. The lowest BCUT2D eigenvalue weighted by molar-refractivity contribution is 0.0946. The SMILES string of the molecule is CCOc1ccc(C(=O)NCCOc2ccc(C)cc2C)cc1OCC. The van der Waals surface area contributed by atoms with E-state index in [1.165, 1.54) is 5.56 Å². The summed E-state index contributed by atoms with van der Waals surface area (Å²) >= 11 is 0. The molecule has 0 fully saturated rings. The van der Waals surface area contributed by atoms with Gasteiger partial charge in [0.05, 0.1) is 19.8 Å². The van der Waals surface area contributed by atoms with Crippen LogP contribution in [0.5, 0.6) is 17.2 Å². The van der Waals surface area contributed by atoms with Crippen LogP contribution in [-0.2, 0) is 0 Å². The van der Waals surface area contributed by atoms with Gasteiger partial charge in [0.1, 0.15) is 12.4 Å². The number of hydrogen-bond acceptors (Lipinski definition) is 4. The molecule has 0 aliphatic carbocycles. The summed E-state index contributed by atoms with van der Waals surface area (Å²) in [7, 11) is 0. The number of benzene rings is 2. The molecule has 0 unspecified atom stereocenters. The standard InChI is InChI=1S/C21H27NO4/c1-5-24-19-10-8-17(14-20(19)25-6-2)21(23)22-11-12-26-18-9-7-15(3)13-16(18)4/h7-10,13-14H,5-6,11-12H2,1-4H3,(H,22,23). The van der Waals surface area contributed by atoms with Crippen LogP contribution < -0.4 is 19.5 Å². The highest BCUT2D eigenvalue weighted by molar-refractivity contribution is 5.94. The average molecular weight is 357 g/mol. The minimum atomic E-state index is -0.168. The fourth-order valence-corrected chi connectivity index (χ4v) is 2.58. The van der Waals surface area contributed by atoms with Crippen molar-refractivity contribution in [2.45, 2.75) is 27.7 Å². The van der Waals surface area contributed by atoms with Crippen molar-refractivity contribution < 1.29 is 19.0 Å². The molecule has 2 rings (SSSR count). The Morgan fingerprint density at radius 3 is 2.27 bits per heavy atom. The molecule has 140 valence electrons. The number of hydrogen-bond donors (Lipinski definition) is 1. The van der Waals surface area contributed by atoms with Crippen LogP contribution in [-0.4, -0.2) is 32.3 Å². The Morgan fingerprint density at radius 1 is 0.885 bits per heavy atom. The summed E-state index contributed by atoms with van der Waals surface area (Å²) in [5.41, 5.74) is 2.82. The molecule has 0 spiro atoms. The van der Waals surface area contributed by atoms with Crippen molar-refractivity contribution in [1.29, 1.82) is 0 Å². The van der Waals surface area contributed by atoms with Gasteiger partial charge in [0.25, 0.3) is 5.91 Å². The molecule has 2 aromatic rings. The van der Waals surface area contributed by atoms with Crippen molar-refractivity contribution in [1.82, 2.24) is 5.32 Å². The molecule has 26 heavy (non-hydrogen) atoms. The zero-order valence-corrected chi connectivity index (χ0v) is 15.9. The van der Waals surface area contributed by atoms with Gasteiger partial charge in [-0.25, -0.2) is 0 Å². The molecule has 0 aliphatic heterocycles. The van der Waals surface area contributed by atoms with Crippen LogP contribution in [0.15, 0.2) is 36.4 Å². The molecule has 5 nitrogen and oxygen atoms in total. The van der Waals surface area contributed by atoms with E-state index in [2.05, 4.69) is 11.4 Å². The van der Waals surface area contributed by atoms with Gasteiger partial charge >= 0.3 is 0 Å². The number of carbonyl (C=O) groups excluding carboxylic acids is 1. The highest BCUT2D eigenvalue weighted by Crippen LogP contribution is 2.28. The number of nitrogens with one attached hydrogen (secondary N) is 1. The van der Waals surface area contributed by atoms with Gasteiger partial charge in [0, 0.05) is 5.56 Å². The van der Waals surface area contributed by atoms with Crippen molar-refractivity contribution in [3.8, 4) is 17.2 Å². The molecular weight excluding hydrogens is 330 g/mol. The van der Waals surface area contributed by atoms with Crippen molar-refractivity contribution in [2.75, 3.05) is 26.4 Å². The maximum atomic E-state index is 12.3. The van der Waals surface area contributed by atoms with Gasteiger partial charge in [-0.15, -0.1) is 0 Å². The highest BCUT2D eigenvalue weighted by Gasteiger charge is 2.11. The Bertz CT molecular complexity index is 743. The van der Waals surface area contributed by atoms with Crippen molar-refractivity contribution in [3.63, 3.8) is 0 Å². The monoisotopic (exact) mass is 357 g/mol. The van der Waals surface area contributed by atoms with Gasteiger partial charge in [-0.05, 0) is 57.5 Å². The Morgan fingerprint density at radius 2 is 1.58 bits per heavy atom. The average Bonchev–Trinajstić information content (AvgIpc) is 2.62. The van der Waals surface area contributed by atoms with E-state index in [1.807, 2.05) is 39.8 Å². The lowest BCUT2D eigenvalue weighted by Crippen LogP contribution is -2.28. The predicted molar refractivity (Wildman–Crippen MR) is 103 cm³/mol. The Hall–Kier alpha value is -2.69. The molecule has 0 radical (unpaired) electrons. The van der Waals surface area contributed by atoms with E-state index in [0.717, 1.165) is 11.3 Å². The first-order valence-corrected chi connectivity index (χ1v) is 8.93. The van der Waals surface area contributed by atoms with E-state index in [1.54, 1.807) is 18.2 Å². The van der Waals surface area contributed by atoms with Crippen molar-refractivity contribution >= 4 is 5.91 Å². The molecule has 0 heterocycles. The molecule has 2 aromatic carbocycles. The molecule has 5 heteroatoms. The Balaban J connectivity index is 1.90. The third kappa shape index (κ3) is 5.41. The lowest BCUT2D eigenvalue weighted by Gasteiger charge is -2.13. The zero-order valence-electron chi connectivity index (χ0n) is 15.9. The van der Waals surface area contributed by atoms with Gasteiger partial charge in [-0.1, -0.05) is 17.7 Å². The largest absolute Gasteiger partial charge is 0.491 e. The summed E-state index contributed by atoms with van der Waals surface area (Å²) in [6.07, 6.45) is 0.